The lowest BCUT2D eigenvalue weighted by Crippen LogP contribution is -2.29. The third-order valence-electron chi connectivity index (χ3n) is 6.30. The summed E-state index contributed by atoms with van der Waals surface area (Å²) in [4.78, 5) is 39.7. The molecule has 1 saturated heterocycles. The minimum absolute atomic E-state index is 0.0121. The average molecular weight is 470 g/mol. The lowest BCUT2D eigenvalue weighted by Gasteiger charge is -2.26. The molecule has 0 bridgehead atoms. The summed E-state index contributed by atoms with van der Waals surface area (Å²) in [5.41, 5.74) is 5.25. The first-order valence-electron chi connectivity index (χ1n) is 11.3. The first-order chi connectivity index (χ1) is 16.6. The van der Waals surface area contributed by atoms with Crippen molar-refractivity contribution in [3.8, 4) is 5.75 Å². The molecule has 1 N–H and O–H groups in total. The van der Waals surface area contributed by atoms with Crippen LogP contribution in [0.2, 0.25) is 0 Å². The van der Waals surface area contributed by atoms with Crippen LogP contribution < -0.4 is 9.64 Å². The number of carbonyl (C=O) groups is 3. The Morgan fingerprint density at radius 1 is 0.886 bits per heavy atom. The van der Waals surface area contributed by atoms with Gasteiger partial charge in [-0.2, -0.15) is 0 Å². The quantitative estimate of drug-likeness (QED) is 0.180. The number of rotatable bonds is 4. The van der Waals surface area contributed by atoms with Gasteiger partial charge in [-0.15, -0.1) is 0 Å². The molecule has 0 aromatic heterocycles. The number of Topliss-reactive ketones (excluding diaryl/α,β-unsaturated/α-hetero) is 1. The summed E-state index contributed by atoms with van der Waals surface area (Å²) >= 11 is 0. The van der Waals surface area contributed by atoms with Gasteiger partial charge in [-0.25, -0.2) is 0 Å². The Labute approximate surface area is 204 Å². The van der Waals surface area contributed by atoms with Gasteiger partial charge >= 0.3 is 5.97 Å². The molecule has 1 aliphatic rings. The molecular formula is C29H27NO5. The fourth-order valence-corrected chi connectivity index (χ4v) is 4.34. The highest BCUT2D eigenvalue weighted by Gasteiger charge is 2.47. The lowest BCUT2D eigenvalue weighted by atomic mass is 9.93. The van der Waals surface area contributed by atoms with Gasteiger partial charge in [-0.3, -0.25) is 19.3 Å². The second-order valence-corrected chi connectivity index (χ2v) is 8.92. The predicted octanol–water partition coefficient (Wildman–Crippen LogP) is 5.47. The first kappa shape index (κ1) is 24.0. The summed E-state index contributed by atoms with van der Waals surface area (Å²) in [6.07, 6.45) is 0. The number of nitrogens with zero attached hydrogens (tertiary/aromatic N) is 1. The van der Waals surface area contributed by atoms with Crippen LogP contribution in [0.4, 0.5) is 5.69 Å². The fourth-order valence-electron chi connectivity index (χ4n) is 4.34. The number of ketones is 1. The van der Waals surface area contributed by atoms with Crippen molar-refractivity contribution in [2.45, 2.75) is 40.7 Å². The first-order valence-corrected chi connectivity index (χ1v) is 11.3. The molecule has 3 aromatic rings. The molecule has 1 aliphatic heterocycles. The largest absolute Gasteiger partial charge is 0.507 e. The second-order valence-electron chi connectivity index (χ2n) is 8.92. The van der Waals surface area contributed by atoms with Crippen LogP contribution in [0.15, 0.2) is 66.2 Å². The zero-order chi connectivity index (χ0) is 25.4. The van der Waals surface area contributed by atoms with E-state index < -0.39 is 23.7 Å². The van der Waals surface area contributed by atoms with Crippen LogP contribution in [0.25, 0.3) is 5.76 Å². The van der Waals surface area contributed by atoms with E-state index in [2.05, 4.69) is 0 Å². The number of hydrogen-bond acceptors (Lipinski definition) is 5. The normalized spacial score (nSPS) is 17.1. The van der Waals surface area contributed by atoms with Gasteiger partial charge in [0.15, 0.2) is 0 Å². The summed E-state index contributed by atoms with van der Waals surface area (Å²) in [7, 11) is 0. The number of benzene rings is 3. The Morgan fingerprint density at radius 3 is 2.29 bits per heavy atom. The number of esters is 1. The van der Waals surface area contributed by atoms with E-state index in [0.717, 1.165) is 22.3 Å². The smallest absolute Gasteiger partial charge is 0.308 e. The number of aryl methyl sites for hydroxylation is 4. The molecule has 178 valence electrons. The number of hydrogen-bond donors (Lipinski definition) is 1. The van der Waals surface area contributed by atoms with E-state index in [1.54, 1.807) is 36.4 Å². The number of aliphatic hydroxyl groups excluding tert-OH is 1. The van der Waals surface area contributed by atoms with E-state index in [1.807, 2.05) is 52.0 Å². The summed E-state index contributed by atoms with van der Waals surface area (Å²) in [6.45, 7) is 8.93. The third kappa shape index (κ3) is 4.47. The molecule has 0 saturated carbocycles. The van der Waals surface area contributed by atoms with E-state index in [9.17, 15) is 19.5 Å². The monoisotopic (exact) mass is 469 g/mol. The molecule has 1 atom stereocenters. The van der Waals surface area contributed by atoms with Crippen molar-refractivity contribution in [1.82, 2.24) is 0 Å². The summed E-state index contributed by atoms with van der Waals surface area (Å²) in [5.74, 6) is -1.94. The summed E-state index contributed by atoms with van der Waals surface area (Å²) < 4.78 is 5.25. The van der Waals surface area contributed by atoms with Crippen molar-refractivity contribution >= 4 is 29.1 Å². The molecule has 35 heavy (non-hydrogen) atoms. The van der Waals surface area contributed by atoms with Crippen molar-refractivity contribution in [3.63, 3.8) is 0 Å². The lowest BCUT2D eigenvalue weighted by molar-refractivity contribution is -0.132. The zero-order valence-corrected chi connectivity index (χ0v) is 20.4. The van der Waals surface area contributed by atoms with E-state index in [0.29, 0.717) is 16.8 Å². The van der Waals surface area contributed by atoms with Crippen LogP contribution in [-0.2, 0) is 14.4 Å². The Hall–Kier alpha value is -4.19. The maximum atomic E-state index is 13.4. The maximum Gasteiger partial charge on any atom is 0.308 e. The van der Waals surface area contributed by atoms with Crippen molar-refractivity contribution in [1.29, 1.82) is 0 Å². The maximum absolute atomic E-state index is 13.4. The molecule has 1 unspecified atom stereocenters. The van der Waals surface area contributed by atoms with Gasteiger partial charge in [-0.05, 0) is 80.3 Å². The van der Waals surface area contributed by atoms with Crippen LogP contribution in [-0.4, -0.2) is 22.8 Å². The number of carbonyl (C=O) groups excluding carboxylic acids is 3. The highest BCUT2D eigenvalue weighted by Crippen LogP contribution is 2.43. The van der Waals surface area contributed by atoms with E-state index in [1.165, 1.54) is 11.8 Å². The number of aliphatic hydroxyl groups is 1. The van der Waals surface area contributed by atoms with E-state index in [4.69, 9.17) is 4.74 Å². The van der Waals surface area contributed by atoms with Crippen molar-refractivity contribution in [3.05, 3.63) is 99.6 Å². The molecular weight excluding hydrogens is 442 g/mol. The average Bonchev–Trinajstić information content (AvgIpc) is 3.07. The Bertz CT molecular complexity index is 1400. The van der Waals surface area contributed by atoms with E-state index >= 15 is 0 Å². The van der Waals surface area contributed by atoms with Crippen LogP contribution >= 0.6 is 0 Å². The minimum atomic E-state index is -0.910. The molecule has 6 heteroatoms. The molecule has 3 aromatic carbocycles. The molecule has 1 amide bonds. The Kier molecular flexibility index (Phi) is 6.31. The molecule has 0 spiro atoms. The molecule has 0 aliphatic carbocycles. The number of amides is 1. The zero-order valence-electron chi connectivity index (χ0n) is 20.4. The molecule has 1 heterocycles. The Balaban J connectivity index is 1.99. The van der Waals surface area contributed by atoms with Crippen LogP contribution in [0, 0.1) is 27.7 Å². The number of anilines is 1. The topological polar surface area (TPSA) is 83.9 Å². The standard InChI is InChI=1S/C29H27NO5/c1-16-9-10-18(3)24(13-16)27(32)25-26(21-7-6-8-23(15-21)35-20(5)31)30(29(34)28(25)33)22-12-11-17(2)19(4)14-22/h6-15,26,32H,1-5H3/b27-25+. The second kappa shape index (κ2) is 9.22. The van der Waals surface area contributed by atoms with Gasteiger partial charge in [0.2, 0.25) is 0 Å². The van der Waals surface area contributed by atoms with Gasteiger partial charge in [-0.1, -0.05) is 35.9 Å². The molecule has 0 radical (unpaired) electrons. The third-order valence-corrected chi connectivity index (χ3v) is 6.30. The predicted molar refractivity (Wildman–Crippen MR) is 134 cm³/mol. The molecule has 4 rings (SSSR count). The van der Waals surface area contributed by atoms with Gasteiger partial charge in [0, 0.05) is 18.2 Å². The summed E-state index contributed by atoms with van der Waals surface area (Å²) in [5, 5.41) is 11.4. The molecule has 6 nitrogen and oxygen atoms in total. The highest BCUT2D eigenvalue weighted by molar-refractivity contribution is 6.51. The van der Waals surface area contributed by atoms with Crippen molar-refractivity contribution in [2.75, 3.05) is 4.90 Å². The number of ether oxygens (including phenoxy) is 1. The van der Waals surface area contributed by atoms with Crippen molar-refractivity contribution in [2.24, 2.45) is 0 Å². The molecule has 1 fully saturated rings. The van der Waals surface area contributed by atoms with Crippen LogP contribution in [0.1, 0.15) is 46.3 Å². The summed E-state index contributed by atoms with van der Waals surface area (Å²) in [6, 6.07) is 16.9. The Morgan fingerprint density at radius 2 is 1.60 bits per heavy atom. The van der Waals surface area contributed by atoms with Gasteiger partial charge in [0.1, 0.15) is 11.5 Å². The van der Waals surface area contributed by atoms with Crippen molar-refractivity contribution < 1.29 is 24.2 Å². The van der Waals surface area contributed by atoms with Gasteiger partial charge in [0.05, 0.1) is 11.6 Å². The SMILES string of the molecule is CC(=O)Oc1cccc(C2/C(=C(\O)c3cc(C)ccc3C)C(=O)C(=O)N2c2ccc(C)c(C)c2)c1. The van der Waals surface area contributed by atoms with Crippen LogP contribution in [0.3, 0.4) is 0 Å². The minimum Gasteiger partial charge on any atom is -0.507 e. The van der Waals surface area contributed by atoms with Gasteiger partial charge < -0.3 is 9.84 Å². The highest BCUT2D eigenvalue weighted by atomic mass is 16.5. The van der Waals surface area contributed by atoms with Crippen LogP contribution in [0.5, 0.6) is 5.75 Å². The van der Waals surface area contributed by atoms with E-state index in [-0.39, 0.29) is 17.1 Å². The fraction of sp³-hybridized carbons (Fsp3) is 0.207. The van der Waals surface area contributed by atoms with Gasteiger partial charge in [0.25, 0.3) is 11.7 Å².